The van der Waals surface area contributed by atoms with Crippen LogP contribution in [0.15, 0.2) is 0 Å². The molecule has 1 aliphatic heterocycles. The summed E-state index contributed by atoms with van der Waals surface area (Å²) in [6.45, 7) is 10.4. The smallest absolute Gasteiger partial charge is 0.213 e. The molecule has 0 aromatic rings. The van der Waals surface area contributed by atoms with Crippen LogP contribution in [0, 0.1) is 0 Å². The molecule has 20 heavy (non-hydrogen) atoms. The molecule has 2 atom stereocenters. The Labute approximate surface area is 124 Å². The predicted molar refractivity (Wildman–Crippen MR) is 84.4 cm³/mol. The quantitative estimate of drug-likeness (QED) is 0.636. The van der Waals surface area contributed by atoms with Gasteiger partial charge in [-0.3, -0.25) is 0 Å². The summed E-state index contributed by atoms with van der Waals surface area (Å²) < 4.78 is 26.9. The SMILES string of the molecule is CCN(CC)CCCC(C)NS(=O)(=O)CC1CCCN1. The third-order valence-corrected chi connectivity index (χ3v) is 5.57. The number of nitrogens with zero attached hydrogens (tertiary/aromatic N) is 1. The van der Waals surface area contributed by atoms with Crippen molar-refractivity contribution >= 4 is 10.0 Å². The van der Waals surface area contributed by atoms with Crippen molar-refractivity contribution in [3.05, 3.63) is 0 Å². The Kier molecular flexibility index (Phi) is 8.02. The van der Waals surface area contributed by atoms with E-state index in [0.29, 0.717) is 0 Å². The molecule has 0 aliphatic carbocycles. The molecule has 120 valence electrons. The molecule has 0 radical (unpaired) electrons. The number of hydrogen-bond donors (Lipinski definition) is 2. The maximum atomic E-state index is 12.0. The van der Waals surface area contributed by atoms with Crippen LogP contribution in [-0.2, 0) is 10.0 Å². The molecule has 2 N–H and O–H groups in total. The third kappa shape index (κ3) is 7.02. The van der Waals surface area contributed by atoms with Crippen molar-refractivity contribution in [2.45, 2.75) is 58.5 Å². The zero-order chi connectivity index (χ0) is 15.0. The Morgan fingerprint density at radius 2 is 2.05 bits per heavy atom. The number of rotatable bonds is 10. The molecule has 0 amide bonds. The highest BCUT2D eigenvalue weighted by atomic mass is 32.2. The summed E-state index contributed by atoms with van der Waals surface area (Å²) in [7, 11) is -3.15. The van der Waals surface area contributed by atoms with E-state index >= 15 is 0 Å². The molecule has 0 bridgehead atoms. The van der Waals surface area contributed by atoms with Crippen LogP contribution in [-0.4, -0.2) is 57.3 Å². The molecule has 1 fully saturated rings. The average Bonchev–Trinajstić information content (AvgIpc) is 2.86. The van der Waals surface area contributed by atoms with Crippen LogP contribution in [0.5, 0.6) is 0 Å². The summed E-state index contributed by atoms with van der Waals surface area (Å²) in [6.07, 6.45) is 3.98. The van der Waals surface area contributed by atoms with Gasteiger partial charge in [-0.1, -0.05) is 13.8 Å². The minimum atomic E-state index is -3.15. The second kappa shape index (κ2) is 8.97. The van der Waals surface area contributed by atoms with Crippen molar-refractivity contribution < 1.29 is 8.42 Å². The fourth-order valence-electron chi connectivity index (χ4n) is 2.74. The van der Waals surface area contributed by atoms with Crippen molar-refractivity contribution in [1.82, 2.24) is 14.9 Å². The molecule has 5 nitrogen and oxygen atoms in total. The number of nitrogens with one attached hydrogen (secondary N) is 2. The largest absolute Gasteiger partial charge is 0.313 e. The normalized spacial score (nSPS) is 21.5. The lowest BCUT2D eigenvalue weighted by Gasteiger charge is -2.20. The topological polar surface area (TPSA) is 61.4 Å². The summed E-state index contributed by atoms with van der Waals surface area (Å²) >= 11 is 0. The second-order valence-corrected chi connectivity index (χ2v) is 7.56. The molecular formula is C14H31N3O2S. The third-order valence-electron chi connectivity index (χ3n) is 3.97. The van der Waals surface area contributed by atoms with Crippen LogP contribution in [0.4, 0.5) is 0 Å². The molecule has 0 spiro atoms. The average molecular weight is 305 g/mol. The van der Waals surface area contributed by atoms with Gasteiger partial charge >= 0.3 is 0 Å². The van der Waals surface area contributed by atoms with Gasteiger partial charge in [0.1, 0.15) is 0 Å². The van der Waals surface area contributed by atoms with Crippen LogP contribution < -0.4 is 10.0 Å². The first-order chi connectivity index (χ1) is 9.46. The first kappa shape index (κ1) is 17.9. The highest BCUT2D eigenvalue weighted by molar-refractivity contribution is 7.89. The molecule has 1 saturated heterocycles. The van der Waals surface area contributed by atoms with Crippen molar-refractivity contribution in [2.75, 3.05) is 31.9 Å². The Bertz CT molecular complexity index is 349. The van der Waals surface area contributed by atoms with Gasteiger partial charge in [0, 0.05) is 12.1 Å². The first-order valence-electron chi connectivity index (χ1n) is 7.92. The van der Waals surface area contributed by atoms with Crippen molar-refractivity contribution in [2.24, 2.45) is 0 Å². The summed E-state index contributed by atoms with van der Waals surface area (Å²) in [6, 6.07) is 0.160. The maximum Gasteiger partial charge on any atom is 0.213 e. The van der Waals surface area contributed by atoms with Gasteiger partial charge in [0.25, 0.3) is 0 Å². The number of hydrogen-bond acceptors (Lipinski definition) is 4. The van der Waals surface area contributed by atoms with Crippen LogP contribution in [0.25, 0.3) is 0 Å². The highest BCUT2D eigenvalue weighted by Gasteiger charge is 2.23. The Balaban J connectivity index is 2.24. The Hall–Kier alpha value is -0.170. The Morgan fingerprint density at radius 1 is 1.35 bits per heavy atom. The zero-order valence-electron chi connectivity index (χ0n) is 13.2. The van der Waals surface area contributed by atoms with Crippen molar-refractivity contribution in [3.8, 4) is 0 Å². The van der Waals surface area contributed by atoms with Crippen LogP contribution in [0.1, 0.15) is 46.5 Å². The lowest BCUT2D eigenvalue weighted by molar-refractivity contribution is 0.293. The minimum absolute atomic E-state index is 0.0250. The van der Waals surface area contributed by atoms with Gasteiger partial charge < -0.3 is 10.2 Å². The molecule has 1 rings (SSSR count). The van der Waals surface area contributed by atoms with Gasteiger partial charge in [0.2, 0.25) is 10.0 Å². The standard InChI is InChI=1S/C14H31N3O2S/c1-4-17(5-2)11-7-8-13(3)16-20(18,19)12-14-9-6-10-15-14/h13-16H,4-12H2,1-3H3. The second-order valence-electron chi connectivity index (χ2n) is 5.76. The summed E-state index contributed by atoms with van der Waals surface area (Å²) in [4.78, 5) is 2.36. The van der Waals surface area contributed by atoms with E-state index in [1.165, 1.54) is 0 Å². The van der Waals surface area contributed by atoms with E-state index < -0.39 is 10.0 Å². The summed E-state index contributed by atoms with van der Waals surface area (Å²) in [5.74, 6) is 0.216. The van der Waals surface area contributed by atoms with E-state index in [1.54, 1.807) is 0 Å². The van der Waals surface area contributed by atoms with E-state index in [9.17, 15) is 8.42 Å². The molecule has 1 aliphatic rings. The van der Waals surface area contributed by atoms with E-state index in [0.717, 1.165) is 51.9 Å². The van der Waals surface area contributed by atoms with Crippen molar-refractivity contribution in [1.29, 1.82) is 0 Å². The Morgan fingerprint density at radius 3 is 2.60 bits per heavy atom. The van der Waals surface area contributed by atoms with E-state index in [1.807, 2.05) is 6.92 Å². The summed E-state index contributed by atoms with van der Waals surface area (Å²) in [5.41, 5.74) is 0. The van der Waals surface area contributed by atoms with Crippen LogP contribution >= 0.6 is 0 Å². The van der Waals surface area contributed by atoms with Gasteiger partial charge in [-0.25, -0.2) is 13.1 Å². The zero-order valence-corrected chi connectivity index (χ0v) is 14.0. The molecule has 2 unspecified atom stereocenters. The molecule has 0 aromatic carbocycles. The molecule has 0 saturated carbocycles. The fraction of sp³-hybridized carbons (Fsp3) is 1.00. The number of sulfonamides is 1. The van der Waals surface area contributed by atoms with Gasteiger partial charge in [-0.05, 0) is 58.8 Å². The van der Waals surface area contributed by atoms with Gasteiger partial charge in [0.05, 0.1) is 5.75 Å². The highest BCUT2D eigenvalue weighted by Crippen LogP contribution is 2.08. The molecule has 1 heterocycles. The fourth-order valence-corrected chi connectivity index (χ4v) is 4.38. The van der Waals surface area contributed by atoms with Gasteiger partial charge in [-0.15, -0.1) is 0 Å². The lowest BCUT2D eigenvalue weighted by atomic mass is 10.2. The summed E-state index contributed by atoms with van der Waals surface area (Å²) in [5, 5.41) is 3.23. The maximum absolute atomic E-state index is 12.0. The lowest BCUT2D eigenvalue weighted by Crippen LogP contribution is -2.40. The van der Waals surface area contributed by atoms with Crippen LogP contribution in [0.2, 0.25) is 0 Å². The van der Waals surface area contributed by atoms with Gasteiger partial charge in [0.15, 0.2) is 0 Å². The first-order valence-corrected chi connectivity index (χ1v) is 9.57. The predicted octanol–water partition coefficient (Wildman–Crippen LogP) is 1.17. The monoisotopic (exact) mass is 305 g/mol. The van der Waals surface area contributed by atoms with Gasteiger partial charge in [-0.2, -0.15) is 0 Å². The molecule has 0 aromatic heterocycles. The van der Waals surface area contributed by atoms with E-state index in [4.69, 9.17) is 0 Å². The van der Waals surface area contributed by atoms with Crippen LogP contribution in [0.3, 0.4) is 0 Å². The molecular weight excluding hydrogens is 274 g/mol. The van der Waals surface area contributed by atoms with E-state index in [-0.39, 0.29) is 17.8 Å². The van der Waals surface area contributed by atoms with Crippen molar-refractivity contribution in [3.63, 3.8) is 0 Å². The minimum Gasteiger partial charge on any atom is -0.313 e. The van der Waals surface area contributed by atoms with E-state index in [2.05, 4.69) is 28.8 Å². The molecule has 6 heteroatoms.